The fourth-order valence-electron chi connectivity index (χ4n) is 2.77. The molecule has 2 atom stereocenters. The minimum atomic E-state index is 0.475. The molecule has 108 valence electrons. The summed E-state index contributed by atoms with van der Waals surface area (Å²) in [5, 5.41) is 5.76. The number of rotatable bonds is 7. The lowest BCUT2D eigenvalue weighted by Crippen LogP contribution is -2.39. The fraction of sp³-hybridized carbons (Fsp3) is 0.733. The Kier molecular flexibility index (Phi) is 5.82. The van der Waals surface area contributed by atoms with Gasteiger partial charge in [-0.15, -0.1) is 11.3 Å². The van der Waals surface area contributed by atoms with Crippen LogP contribution in [0.15, 0.2) is 17.5 Å². The van der Waals surface area contributed by atoms with Gasteiger partial charge in [0.25, 0.3) is 0 Å². The van der Waals surface area contributed by atoms with Crippen LogP contribution in [0.5, 0.6) is 0 Å². The van der Waals surface area contributed by atoms with Gasteiger partial charge in [0, 0.05) is 36.6 Å². The quantitative estimate of drug-likeness (QED) is 0.828. The van der Waals surface area contributed by atoms with Gasteiger partial charge in [-0.1, -0.05) is 6.07 Å². The molecule has 0 radical (unpaired) electrons. The standard InChI is InChI=1S/C15H27N3S/c1-13(15-7-5-11-19-15)16-8-10-17(2)12-14-6-4-9-18(14)3/h5,7,11,13-14,16H,4,6,8-10,12H2,1-3H3. The van der Waals surface area contributed by atoms with E-state index in [0.29, 0.717) is 6.04 Å². The topological polar surface area (TPSA) is 18.5 Å². The van der Waals surface area contributed by atoms with Gasteiger partial charge in [0.15, 0.2) is 0 Å². The molecule has 0 spiro atoms. The third-order valence-corrected chi connectivity index (χ3v) is 5.16. The van der Waals surface area contributed by atoms with Crippen LogP contribution < -0.4 is 5.32 Å². The van der Waals surface area contributed by atoms with Crippen LogP contribution in [0.4, 0.5) is 0 Å². The van der Waals surface area contributed by atoms with Crippen molar-refractivity contribution in [1.82, 2.24) is 15.1 Å². The zero-order valence-corrected chi connectivity index (χ0v) is 13.2. The molecule has 0 aromatic carbocycles. The van der Waals surface area contributed by atoms with Crippen molar-refractivity contribution < 1.29 is 0 Å². The Balaban J connectivity index is 1.62. The van der Waals surface area contributed by atoms with E-state index in [2.05, 4.69) is 53.6 Å². The van der Waals surface area contributed by atoms with Crippen LogP contribution >= 0.6 is 11.3 Å². The minimum absolute atomic E-state index is 0.475. The Hall–Kier alpha value is -0.420. The van der Waals surface area contributed by atoms with E-state index in [1.54, 1.807) is 0 Å². The number of likely N-dealkylation sites (N-methyl/N-ethyl adjacent to an activating group) is 2. The van der Waals surface area contributed by atoms with Gasteiger partial charge >= 0.3 is 0 Å². The second kappa shape index (κ2) is 7.39. The first-order valence-electron chi connectivity index (χ1n) is 7.32. The third-order valence-electron chi connectivity index (χ3n) is 4.11. The van der Waals surface area contributed by atoms with E-state index in [1.165, 1.54) is 30.8 Å². The number of nitrogens with one attached hydrogen (secondary N) is 1. The molecule has 0 bridgehead atoms. The van der Waals surface area contributed by atoms with Crippen LogP contribution in [0.3, 0.4) is 0 Å². The Labute approximate surface area is 121 Å². The fourth-order valence-corrected chi connectivity index (χ4v) is 3.53. The molecule has 0 saturated carbocycles. The highest BCUT2D eigenvalue weighted by Gasteiger charge is 2.21. The van der Waals surface area contributed by atoms with Crippen LogP contribution in [0, 0.1) is 0 Å². The first-order chi connectivity index (χ1) is 9.16. The summed E-state index contributed by atoms with van der Waals surface area (Å²) in [6, 6.07) is 5.57. The van der Waals surface area contributed by atoms with Crippen LogP contribution in [-0.2, 0) is 0 Å². The number of hydrogen-bond acceptors (Lipinski definition) is 4. The molecule has 1 N–H and O–H groups in total. The molecular formula is C15H27N3S. The summed E-state index contributed by atoms with van der Waals surface area (Å²) in [6.07, 6.45) is 2.72. The van der Waals surface area contributed by atoms with E-state index in [4.69, 9.17) is 0 Å². The van der Waals surface area contributed by atoms with E-state index >= 15 is 0 Å². The molecule has 1 aromatic heterocycles. The lowest BCUT2D eigenvalue weighted by atomic mass is 10.2. The Morgan fingerprint density at radius 3 is 3.05 bits per heavy atom. The summed E-state index contributed by atoms with van der Waals surface area (Å²) in [5.41, 5.74) is 0. The average Bonchev–Trinajstić information content (AvgIpc) is 3.02. The monoisotopic (exact) mass is 281 g/mol. The first-order valence-corrected chi connectivity index (χ1v) is 8.20. The van der Waals surface area contributed by atoms with Gasteiger partial charge in [0.2, 0.25) is 0 Å². The lowest BCUT2D eigenvalue weighted by molar-refractivity contribution is 0.219. The summed E-state index contributed by atoms with van der Waals surface area (Å²) >= 11 is 1.83. The van der Waals surface area contributed by atoms with E-state index < -0.39 is 0 Å². The van der Waals surface area contributed by atoms with E-state index in [0.717, 1.165) is 19.1 Å². The van der Waals surface area contributed by atoms with Gasteiger partial charge in [-0.25, -0.2) is 0 Å². The maximum atomic E-state index is 3.61. The first kappa shape index (κ1) is 15.0. The zero-order chi connectivity index (χ0) is 13.7. The van der Waals surface area contributed by atoms with Crippen molar-refractivity contribution in [2.45, 2.75) is 31.8 Å². The molecular weight excluding hydrogens is 254 g/mol. The van der Waals surface area contributed by atoms with Gasteiger partial charge in [-0.2, -0.15) is 0 Å². The zero-order valence-electron chi connectivity index (χ0n) is 12.4. The van der Waals surface area contributed by atoms with Crippen LogP contribution in [0.2, 0.25) is 0 Å². The Morgan fingerprint density at radius 1 is 1.58 bits per heavy atom. The van der Waals surface area contributed by atoms with Crippen molar-refractivity contribution >= 4 is 11.3 Å². The molecule has 1 fully saturated rings. The van der Waals surface area contributed by atoms with Gasteiger partial charge in [0.05, 0.1) is 0 Å². The van der Waals surface area contributed by atoms with Gasteiger partial charge < -0.3 is 15.1 Å². The second-order valence-electron chi connectivity index (χ2n) is 5.73. The molecule has 1 aliphatic heterocycles. The number of hydrogen-bond donors (Lipinski definition) is 1. The summed E-state index contributed by atoms with van der Waals surface area (Å²) in [6.45, 7) is 6.90. The van der Waals surface area contributed by atoms with Crippen molar-refractivity contribution in [2.75, 3.05) is 40.3 Å². The highest BCUT2D eigenvalue weighted by Crippen LogP contribution is 2.18. The second-order valence-corrected chi connectivity index (χ2v) is 6.71. The molecule has 4 heteroatoms. The molecule has 1 saturated heterocycles. The lowest BCUT2D eigenvalue weighted by Gasteiger charge is -2.26. The average molecular weight is 281 g/mol. The van der Waals surface area contributed by atoms with Gasteiger partial charge in [0.1, 0.15) is 0 Å². The predicted molar refractivity (Wildman–Crippen MR) is 83.9 cm³/mol. The SMILES string of the molecule is CC(NCCN(C)CC1CCCN1C)c1cccs1. The minimum Gasteiger partial charge on any atom is -0.308 e. The molecule has 1 aromatic rings. The van der Waals surface area contributed by atoms with Crippen LogP contribution in [0.25, 0.3) is 0 Å². The highest BCUT2D eigenvalue weighted by molar-refractivity contribution is 7.10. The normalized spacial score (nSPS) is 22.2. The number of nitrogens with zero attached hydrogens (tertiary/aromatic N) is 2. The van der Waals surface area contributed by atoms with Gasteiger partial charge in [-0.3, -0.25) is 0 Å². The van der Waals surface area contributed by atoms with Crippen molar-refractivity contribution in [3.63, 3.8) is 0 Å². The maximum Gasteiger partial charge on any atom is 0.0386 e. The van der Waals surface area contributed by atoms with Crippen LogP contribution in [-0.4, -0.2) is 56.1 Å². The molecule has 0 amide bonds. The highest BCUT2D eigenvalue weighted by atomic mass is 32.1. The van der Waals surface area contributed by atoms with E-state index in [9.17, 15) is 0 Å². The largest absolute Gasteiger partial charge is 0.308 e. The van der Waals surface area contributed by atoms with Crippen molar-refractivity contribution in [3.05, 3.63) is 22.4 Å². The van der Waals surface area contributed by atoms with Crippen molar-refractivity contribution in [2.24, 2.45) is 0 Å². The summed E-state index contributed by atoms with van der Waals surface area (Å²) in [7, 11) is 4.49. The number of likely N-dealkylation sites (tertiary alicyclic amines) is 1. The Morgan fingerprint density at radius 2 is 2.42 bits per heavy atom. The molecule has 2 rings (SSSR count). The summed E-state index contributed by atoms with van der Waals surface area (Å²) < 4.78 is 0. The molecule has 19 heavy (non-hydrogen) atoms. The predicted octanol–water partition coefficient (Wildman–Crippen LogP) is 2.42. The molecule has 2 heterocycles. The smallest absolute Gasteiger partial charge is 0.0386 e. The molecule has 1 aliphatic rings. The van der Waals surface area contributed by atoms with Crippen LogP contribution in [0.1, 0.15) is 30.7 Å². The van der Waals surface area contributed by atoms with Gasteiger partial charge in [-0.05, 0) is 51.9 Å². The van der Waals surface area contributed by atoms with Crippen molar-refractivity contribution in [1.29, 1.82) is 0 Å². The third kappa shape index (κ3) is 4.56. The van der Waals surface area contributed by atoms with E-state index in [-0.39, 0.29) is 0 Å². The maximum absolute atomic E-state index is 3.61. The summed E-state index contributed by atoms with van der Waals surface area (Å²) in [4.78, 5) is 6.39. The van der Waals surface area contributed by atoms with E-state index in [1.807, 2.05) is 11.3 Å². The Bertz CT molecular complexity index is 352. The molecule has 0 aliphatic carbocycles. The van der Waals surface area contributed by atoms with Crippen molar-refractivity contribution in [3.8, 4) is 0 Å². The number of thiophene rings is 1. The molecule has 2 unspecified atom stereocenters. The summed E-state index contributed by atoms with van der Waals surface area (Å²) in [5.74, 6) is 0. The molecule has 3 nitrogen and oxygen atoms in total.